The van der Waals surface area contributed by atoms with Gasteiger partial charge in [-0.1, -0.05) is 256 Å². The molecule has 0 bridgehead atoms. The van der Waals surface area contributed by atoms with Gasteiger partial charge in [0.1, 0.15) is 0 Å². The van der Waals surface area contributed by atoms with Crippen molar-refractivity contribution in [2.75, 3.05) is 13.2 Å². The molecule has 0 aromatic carbocycles. The number of carbonyl (C=O) groups excluding carboxylic acids is 2. The number of unbranched alkanes of at least 4 members (excludes halogenated alkanes) is 38. The predicted molar refractivity (Wildman–Crippen MR) is 278 cm³/mol. The zero-order chi connectivity index (χ0) is 46.5. The first kappa shape index (κ1) is 62.1. The molecule has 0 fully saturated rings. The summed E-state index contributed by atoms with van der Waals surface area (Å²) in [5.41, 5.74) is 0. The minimum Gasteiger partial charge on any atom is -0.466 e. The van der Waals surface area contributed by atoms with E-state index >= 15 is 0 Å². The van der Waals surface area contributed by atoms with Crippen molar-refractivity contribution < 1.29 is 24.5 Å². The molecule has 1 amide bonds. The largest absolute Gasteiger partial charge is 0.466 e. The van der Waals surface area contributed by atoms with Crippen LogP contribution >= 0.6 is 0 Å². The molecule has 64 heavy (non-hydrogen) atoms. The molecule has 0 aliphatic heterocycles. The fourth-order valence-corrected chi connectivity index (χ4v) is 8.57. The van der Waals surface area contributed by atoms with Gasteiger partial charge < -0.3 is 20.3 Å². The van der Waals surface area contributed by atoms with Crippen molar-refractivity contribution >= 4 is 11.9 Å². The minimum absolute atomic E-state index is 0.0188. The van der Waals surface area contributed by atoms with E-state index in [0.717, 1.165) is 77.0 Å². The maximum Gasteiger partial charge on any atom is 0.305 e. The summed E-state index contributed by atoms with van der Waals surface area (Å²) in [6.07, 6.45) is 65.9. The molecule has 0 aromatic heterocycles. The van der Waals surface area contributed by atoms with Crippen LogP contribution in [0.15, 0.2) is 36.5 Å². The third kappa shape index (κ3) is 49.5. The van der Waals surface area contributed by atoms with Gasteiger partial charge in [0.15, 0.2) is 0 Å². The van der Waals surface area contributed by atoms with Crippen LogP contribution in [0, 0.1) is 0 Å². The second-order valence-corrected chi connectivity index (χ2v) is 19.3. The Balaban J connectivity index is 3.52. The molecule has 0 saturated carbocycles. The molecule has 2 atom stereocenters. The molecule has 0 aromatic rings. The highest BCUT2D eigenvalue weighted by atomic mass is 16.5. The van der Waals surface area contributed by atoms with Crippen molar-refractivity contribution in [3.05, 3.63) is 36.5 Å². The van der Waals surface area contributed by atoms with E-state index in [-0.39, 0.29) is 18.5 Å². The second kappa shape index (κ2) is 53.7. The number of hydrogen-bond acceptors (Lipinski definition) is 5. The summed E-state index contributed by atoms with van der Waals surface area (Å²) < 4.78 is 5.46. The molecule has 3 N–H and O–H groups in total. The van der Waals surface area contributed by atoms with Crippen LogP contribution in [0.3, 0.4) is 0 Å². The lowest BCUT2D eigenvalue weighted by Crippen LogP contribution is -2.45. The van der Waals surface area contributed by atoms with Crippen LogP contribution in [-0.4, -0.2) is 47.4 Å². The predicted octanol–water partition coefficient (Wildman–Crippen LogP) is 17.2. The first-order valence-electron chi connectivity index (χ1n) is 28.3. The van der Waals surface area contributed by atoms with Crippen LogP contribution in [0.1, 0.15) is 296 Å². The maximum absolute atomic E-state index is 12.4. The maximum atomic E-state index is 12.4. The highest BCUT2D eigenvalue weighted by Gasteiger charge is 2.18. The first-order valence-corrected chi connectivity index (χ1v) is 28.3. The molecule has 0 radical (unpaired) electrons. The van der Waals surface area contributed by atoms with Crippen LogP contribution in [-0.2, 0) is 14.3 Å². The van der Waals surface area contributed by atoms with Gasteiger partial charge >= 0.3 is 5.97 Å². The number of nitrogens with one attached hydrogen (secondary N) is 1. The quantitative estimate of drug-likeness (QED) is 0.0245. The molecular formula is C58H109NO5. The molecule has 0 saturated heterocycles. The first-order chi connectivity index (χ1) is 31.5. The van der Waals surface area contributed by atoms with E-state index in [2.05, 4.69) is 43.5 Å². The number of aliphatic hydroxyl groups is 2. The van der Waals surface area contributed by atoms with Crippen molar-refractivity contribution in [1.29, 1.82) is 0 Å². The lowest BCUT2D eigenvalue weighted by molar-refractivity contribution is -0.143. The van der Waals surface area contributed by atoms with Crippen molar-refractivity contribution in [3.63, 3.8) is 0 Å². The Morgan fingerprint density at radius 1 is 0.438 bits per heavy atom. The fraction of sp³-hybridized carbons (Fsp3) is 0.862. The molecule has 2 unspecified atom stereocenters. The Morgan fingerprint density at radius 2 is 0.766 bits per heavy atom. The third-order valence-corrected chi connectivity index (χ3v) is 12.9. The number of rotatable bonds is 52. The summed E-state index contributed by atoms with van der Waals surface area (Å²) in [4.78, 5) is 24.5. The van der Waals surface area contributed by atoms with Gasteiger partial charge in [-0.2, -0.15) is 0 Å². The van der Waals surface area contributed by atoms with E-state index in [1.54, 1.807) is 6.08 Å². The topological polar surface area (TPSA) is 95.9 Å². The van der Waals surface area contributed by atoms with E-state index in [1.165, 1.54) is 193 Å². The van der Waals surface area contributed by atoms with Crippen LogP contribution in [0.25, 0.3) is 0 Å². The minimum atomic E-state index is -0.858. The second-order valence-electron chi connectivity index (χ2n) is 19.3. The van der Waals surface area contributed by atoms with Crippen molar-refractivity contribution in [2.45, 2.75) is 309 Å². The van der Waals surface area contributed by atoms with Gasteiger partial charge in [-0.15, -0.1) is 0 Å². The Labute approximate surface area is 398 Å². The van der Waals surface area contributed by atoms with Crippen molar-refractivity contribution in [1.82, 2.24) is 5.32 Å². The molecule has 0 aliphatic rings. The zero-order valence-corrected chi connectivity index (χ0v) is 42.8. The lowest BCUT2D eigenvalue weighted by atomic mass is 10.0. The smallest absolute Gasteiger partial charge is 0.305 e. The van der Waals surface area contributed by atoms with Crippen LogP contribution in [0.4, 0.5) is 0 Å². The lowest BCUT2D eigenvalue weighted by Gasteiger charge is -2.20. The Hall–Kier alpha value is -1.92. The van der Waals surface area contributed by atoms with E-state index in [0.29, 0.717) is 19.4 Å². The fourth-order valence-electron chi connectivity index (χ4n) is 8.57. The van der Waals surface area contributed by atoms with E-state index < -0.39 is 12.1 Å². The number of hydrogen-bond donors (Lipinski definition) is 3. The van der Waals surface area contributed by atoms with Crippen LogP contribution in [0.2, 0.25) is 0 Å². The molecule has 6 heteroatoms. The number of carbonyl (C=O) groups is 2. The van der Waals surface area contributed by atoms with Gasteiger partial charge in [0.25, 0.3) is 0 Å². The van der Waals surface area contributed by atoms with Gasteiger partial charge in [0, 0.05) is 12.8 Å². The summed E-state index contributed by atoms with van der Waals surface area (Å²) in [6, 6.07) is -0.644. The number of esters is 1. The van der Waals surface area contributed by atoms with Crippen LogP contribution in [0.5, 0.6) is 0 Å². The molecule has 0 rings (SSSR count). The highest BCUT2D eigenvalue weighted by molar-refractivity contribution is 5.76. The highest BCUT2D eigenvalue weighted by Crippen LogP contribution is 2.16. The Morgan fingerprint density at radius 3 is 1.16 bits per heavy atom. The van der Waals surface area contributed by atoms with E-state index in [9.17, 15) is 19.8 Å². The molecule has 0 spiro atoms. The monoisotopic (exact) mass is 900 g/mol. The van der Waals surface area contributed by atoms with Gasteiger partial charge in [0.05, 0.1) is 25.4 Å². The van der Waals surface area contributed by atoms with Gasteiger partial charge in [-0.3, -0.25) is 9.59 Å². The summed E-state index contributed by atoms with van der Waals surface area (Å²) >= 11 is 0. The number of allylic oxidation sites excluding steroid dienone is 5. The third-order valence-electron chi connectivity index (χ3n) is 12.9. The Bertz CT molecular complexity index is 1040. The molecule has 0 aliphatic carbocycles. The SMILES string of the molecule is CCCCCCCCCCCCCC/C=C/C(O)C(CO)NC(=O)CCCCCCCC/C=C\C=C/CCCCCOC(=O)CCCCCCCCCCCCCCCCCCCC. The van der Waals surface area contributed by atoms with Gasteiger partial charge in [-0.25, -0.2) is 0 Å². The Kier molecular flexibility index (Phi) is 52.1. The van der Waals surface area contributed by atoms with E-state index in [4.69, 9.17) is 4.74 Å². The van der Waals surface area contributed by atoms with Crippen molar-refractivity contribution in [3.8, 4) is 0 Å². The normalized spacial score (nSPS) is 12.9. The molecule has 0 heterocycles. The van der Waals surface area contributed by atoms with Crippen molar-refractivity contribution in [2.24, 2.45) is 0 Å². The summed E-state index contributed by atoms with van der Waals surface area (Å²) in [7, 11) is 0. The molecular weight excluding hydrogens is 791 g/mol. The summed E-state index contributed by atoms with van der Waals surface area (Å²) in [5, 5.41) is 23.0. The summed E-state index contributed by atoms with van der Waals surface area (Å²) in [6.45, 7) is 4.85. The van der Waals surface area contributed by atoms with Crippen LogP contribution < -0.4 is 5.32 Å². The number of ether oxygens (including phenoxy) is 1. The van der Waals surface area contributed by atoms with Gasteiger partial charge in [0.2, 0.25) is 5.91 Å². The molecule has 6 nitrogen and oxygen atoms in total. The van der Waals surface area contributed by atoms with Gasteiger partial charge in [-0.05, 0) is 64.2 Å². The molecule has 376 valence electrons. The van der Waals surface area contributed by atoms with E-state index in [1.807, 2.05) is 6.08 Å². The average molecular weight is 901 g/mol. The summed E-state index contributed by atoms with van der Waals surface area (Å²) in [5.74, 6) is -0.109. The number of aliphatic hydroxyl groups excluding tert-OH is 2. The average Bonchev–Trinajstić information content (AvgIpc) is 3.29. The standard InChI is InChI=1S/C58H109NO5/c1-3-5-7-9-11-13-15-17-19-20-21-24-28-32-36-40-44-48-52-58(63)64-53-49-45-41-37-33-29-25-22-23-27-31-35-39-43-47-51-57(62)59-55(54-60)56(61)50-46-42-38-34-30-26-18-16-14-12-10-8-6-4-2/h22,25,29,33,46,50,55-56,60-61H,3-21,23-24,26-28,30-32,34-45,47-49,51-54H2,1-2H3,(H,59,62)/b25-22-,33-29-,50-46+. The number of amides is 1. The zero-order valence-electron chi connectivity index (χ0n) is 42.8.